The Hall–Kier alpha value is -2.58. The van der Waals surface area contributed by atoms with Crippen molar-refractivity contribution in [1.82, 2.24) is 9.80 Å². The molecule has 4 aliphatic rings. The van der Waals surface area contributed by atoms with Gasteiger partial charge in [-0.2, -0.15) is 0 Å². The molecule has 1 aromatic carbocycles. The van der Waals surface area contributed by atoms with E-state index in [1.54, 1.807) is 16.7 Å². The largest absolute Gasteiger partial charge is 0.461 e. The number of fused-ring (bicyclic) bond motifs is 2. The summed E-state index contributed by atoms with van der Waals surface area (Å²) in [6, 6.07) is 9.20. The number of carbonyl (C=O) groups is 3. The normalized spacial score (nSPS) is 33.2. The second-order valence-electron chi connectivity index (χ2n) is 10.3. The van der Waals surface area contributed by atoms with E-state index in [1.165, 1.54) is 0 Å². The highest BCUT2D eigenvalue weighted by molar-refractivity contribution is 8.02. The number of hydrogen-bond donors (Lipinski definition) is 1. The van der Waals surface area contributed by atoms with Gasteiger partial charge in [-0.25, -0.2) is 0 Å². The average molecular weight is 511 g/mol. The van der Waals surface area contributed by atoms with Gasteiger partial charge in [0.25, 0.3) is 0 Å². The minimum atomic E-state index is -0.829. The number of aliphatic hydroxyl groups excluding tert-OH is 1. The molecular formula is C28H34N2O5S. The Morgan fingerprint density at radius 3 is 2.56 bits per heavy atom. The van der Waals surface area contributed by atoms with Crippen LogP contribution in [0, 0.1) is 11.8 Å². The smallest absolute Gasteiger partial charge is 0.311 e. The van der Waals surface area contributed by atoms with Gasteiger partial charge in [-0.3, -0.25) is 14.4 Å². The number of hydrogen-bond acceptors (Lipinski definition) is 6. The van der Waals surface area contributed by atoms with E-state index in [2.05, 4.69) is 0 Å². The third-order valence-electron chi connectivity index (χ3n) is 7.92. The quantitative estimate of drug-likeness (QED) is 0.329. The Kier molecular flexibility index (Phi) is 7.01. The first-order valence-electron chi connectivity index (χ1n) is 12.9. The van der Waals surface area contributed by atoms with Crippen LogP contribution < -0.4 is 0 Å². The van der Waals surface area contributed by atoms with Crippen LogP contribution in [0.4, 0.5) is 0 Å². The molecule has 192 valence electrons. The summed E-state index contributed by atoms with van der Waals surface area (Å²) in [4.78, 5) is 45.1. The van der Waals surface area contributed by atoms with E-state index >= 15 is 0 Å². The highest BCUT2D eigenvalue weighted by Crippen LogP contribution is 2.65. The first kappa shape index (κ1) is 25.1. The van der Waals surface area contributed by atoms with Crippen molar-refractivity contribution in [2.24, 2.45) is 11.8 Å². The van der Waals surface area contributed by atoms with Crippen molar-refractivity contribution in [1.29, 1.82) is 0 Å². The van der Waals surface area contributed by atoms with E-state index in [1.807, 2.05) is 66.5 Å². The summed E-state index contributed by atoms with van der Waals surface area (Å²) in [7, 11) is 0. The second kappa shape index (κ2) is 10.1. The molecule has 5 rings (SSSR count). The average Bonchev–Trinajstić information content (AvgIpc) is 3.12. The van der Waals surface area contributed by atoms with Gasteiger partial charge in [-0.15, -0.1) is 11.8 Å². The fraction of sp³-hybridized carbons (Fsp3) is 0.536. The molecule has 1 spiro atoms. The lowest BCUT2D eigenvalue weighted by atomic mass is 9.75. The first-order chi connectivity index (χ1) is 17.4. The summed E-state index contributed by atoms with van der Waals surface area (Å²) in [5.74, 6) is -1.86. The van der Waals surface area contributed by atoms with Gasteiger partial charge >= 0.3 is 5.97 Å². The highest BCUT2D eigenvalue weighted by Gasteiger charge is 2.73. The summed E-state index contributed by atoms with van der Waals surface area (Å²) in [6.07, 6.45) is 11.1. The first-order valence-corrected chi connectivity index (χ1v) is 13.7. The molecule has 1 N–H and O–H groups in total. The highest BCUT2D eigenvalue weighted by atomic mass is 32.2. The minimum absolute atomic E-state index is 0.0695. The van der Waals surface area contributed by atoms with Crippen molar-refractivity contribution in [3.05, 3.63) is 60.2 Å². The molecule has 8 heteroatoms. The van der Waals surface area contributed by atoms with Crippen LogP contribution in [-0.4, -0.2) is 74.5 Å². The van der Waals surface area contributed by atoms with Gasteiger partial charge in [0.1, 0.15) is 12.6 Å². The number of carbonyl (C=O) groups excluding carboxylic acids is 3. The fourth-order valence-electron chi connectivity index (χ4n) is 6.34. The third-order valence-corrected chi connectivity index (χ3v) is 9.72. The van der Waals surface area contributed by atoms with Gasteiger partial charge in [0.15, 0.2) is 0 Å². The van der Waals surface area contributed by atoms with Crippen LogP contribution >= 0.6 is 11.8 Å². The van der Waals surface area contributed by atoms with E-state index in [-0.39, 0.29) is 31.0 Å². The monoisotopic (exact) mass is 510 g/mol. The van der Waals surface area contributed by atoms with Crippen LogP contribution in [0.3, 0.4) is 0 Å². The Balaban J connectivity index is 1.51. The summed E-state index contributed by atoms with van der Waals surface area (Å²) in [5.41, 5.74) is 1.04. The number of rotatable bonds is 8. The molecule has 1 unspecified atom stereocenters. The van der Waals surface area contributed by atoms with E-state index in [0.29, 0.717) is 19.6 Å². The fourth-order valence-corrected chi connectivity index (χ4v) is 8.49. The van der Waals surface area contributed by atoms with E-state index in [0.717, 1.165) is 31.2 Å². The molecule has 2 amide bonds. The standard InChI is InChI=1S/C28H34N2O5S/c1-27-13-10-18-35-26(34)22(27)21-24(32)30(16-7-2-3-8-17-31)23-25(33)29(15-9-14-28(21,23)36-27)19-20-11-5-4-6-12-20/h4-6,9-14,21-23,31H,2-3,7-8,15-19H2,1H3/t21-,22+,23?,27-,28-/m0/s1. The lowest BCUT2D eigenvalue weighted by Gasteiger charge is -2.36. The number of unbranched alkanes of at least 4 members (excludes halogenated alkanes) is 3. The number of thioether (sulfide) groups is 1. The van der Waals surface area contributed by atoms with Gasteiger partial charge in [0, 0.05) is 31.0 Å². The van der Waals surface area contributed by atoms with Gasteiger partial charge in [0.05, 0.1) is 16.6 Å². The maximum absolute atomic E-state index is 14.2. The summed E-state index contributed by atoms with van der Waals surface area (Å²) >= 11 is 1.58. The van der Waals surface area contributed by atoms with Crippen molar-refractivity contribution in [3.8, 4) is 0 Å². The van der Waals surface area contributed by atoms with Gasteiger partial charge < -0.3 is 19.6 Å². The molecule has 4 aliphatic heterocycles. The molecule has 0 bridgehead atoms. The van der Waals surface area contributed by atoms with Crippen LogP contribution in [-0.2, 0) is 25.7 Å². The van der Waals surface area contributed by atoms with Crippen molar-refractivity contribution in [3.63, 3.8) is 0 Å². The van der Waals surface area contributed by atoms with Crippen LogP contribution in [0.5, 0.6) is 0 Å². The number of ether oxygens (including phenoxy) is 1. The van der Waals surface area contributed by atoms with Gasteiger partial charge in [0.2, 0.25) is 11.8 Å². The Bertz CT molecular complexity index is 1070. The molecular weight excluding hydrogens is 476 g/mol. The van der Waals surface area contributed by atoms with Crippen molar-refractivity contribution in [2.45, 2.75) is 54.7 Å². The third kappa shape index (κ3) is 4.18. The number of likely N-dealkylation sites (tertiary alicyclic amines) is 1. The van der Waals surface area contributed by atoms with Crippen LogP contribution in [0.2, 0.25) is 0 Å². The number of amides is 2. The number of esters is 1. The molecule has 0 aromatic heterocycles. The van der Waals surface area contributed by atoms with Crippen molar-refractivity contribution in [2.75, 3.05) is 26.3 Å². The second-order valence-corrected chi connectivity index (χ2v) is 12.1. The van der Waals surface area contributed by atoms with E-state index in [9.17, 15) is 14.4 Å². The minimum Gasteiger partial charge on any atom is -0.461 e. The predicted molar refractivity (Wildman–Crippen MR) is 138 cm³/mol. The lowest BCUT2D eigenvalue weighted by molar-refractivity contribution is -0.152. The summed E-state index contributed by atoms with van der Waals surface area (Å²) < 4.78 is 4.03. The van der Waals surface area contributed by atoms with Crippen LogP contribution in [0.15, 0.2) is 54.6 Å². The molecule has 4 heterocycles. The van der Waals surface area contributed by atoms with E-state index < -0.39 is 27.4 Å². The van der Waals surface area contributed by atoms with E-state index in [4.69, 9.17) is 9.84 Å². The van der Waals surface area contributed by atoms with Gasteiger partial charge in [-0.05, 0) is 31.4 Å². The Labute approximate surface area is 216 Å². The molecule has 0 radical (unpaired) electrons. The number of cyclic esters (lactones) is 1. The SMILES string of the molecule is C[C@]12C=CCOC(=O)[C@H]1[C@H]1C(=O)N(CCCCCCO)C3C(=O)N(Cc4ccccc4)CC=C[C@@]31S2. The predicted octanol–water partition coefficient (Wildman–Crippen LogP) is 2.94. The number of aliphatic hydroxyl groups is 1. The Morgan fingerprint density at radius 1 is 1.00 bits per heavy atom. The van der Waals surface area contributed by atoms with Crippen molar-refractivity contribution >= 4 is 29.5 Å². The summed E-state index contributed by atoms with van der Waals surface area (Å²) in [6.45, 7) is 3.73. The zero-order valence-corrected chi connectivity index (χ0v) is 21.5. The lowest BCUT2D eigenvalue weighted by Crippen LogP contribution is -2.53. The van der Waals surface area contributed by atoms with Gasteiger partial charge in [-0.1, -0.05) is 61.4 Å². The van der Waals surface area contributed by atoms with Crippen LogP contribution in [0.1, 0.15) is 38.2 Å². The topological polar surface area (TPSA) is 87.1 Å². The molecule has 0 saturated carbocycles. The molecule has 36 heavy (non-hydrogen) atoms. The molecule has 2 fully saturated rings. The molecule has 1 aromatic rings. The number of nitrogens with zero attached hydrogens (tertiary/aromatic N) is 2. The molecule has 5 atom stereocenters. The zero-order chi connectivity index (χ0) is 25.3. The molecule has 0 aliphatic carbocycles. The number of benzene rings is 1. The van der Waals surface area contributed by atoms with Crippen LogP contribution in [0.25, 0.3) is 0 Å². The summed E-state index contributed by atoms with van der Waals surface area (Å²) in [5, 5.41) is 9.11. The zero-order valence-electron chi connectivity index (χ0n) is 20.7. The Morgan fingerprint density at radius 2 is 1.78 bits per heavy atom. The maximum Gasteiger partial charge on any atom is 0.311 e. The maximum atomic E-state index is 14.2. The molecule has 7 nitrogen and oxygen atoms in total. The molecule has 2 saturated heterocycles. The van der Waals surface area contributed by atoms with Crippen molar-refractivity contribution < 1.29 is 24.2 Å².